The Balaban J connectivity index is 1.75. The van der Waals surface area contributed by atoms with E-state index < -0.39 is 29.3 Å². The SMILES string of the molecule is Cc1c(C(=O)NCc2cc(F)cc(F)c2)cnn1-c1ccc(C(F)(F)F)cn1. The van der Waals surface area contributed by atoms with E-state index in [2.05, 4.69) is 15.4 Å². The molecule has 146 valence electrons. The highest BCUT2D eigenvalue weighted by atomic mass is 19.4. The number of hydrogen-bond acceptors (Lipinski definition) is 3. The number of hydrogen-bond donors (Lipinski definition) is 1. The molecule has 0 fully saturated rings. The fourth-order valence-electron chi connectivity index (χ4n) is 2.53. The van der Waals surface area contributed by atoms with Gasteiger partial charge in [0.05, 0.1) is 23.0 Å². The number of carbonyl (C=O) groups is 1. The molecule has 0 spiro atoms. The number of aromatic nitrogens is 3. The van der Waals surface area contributed by atoms with Gasteiger partial charge in [-0.3, -0.25) is 4.79 Å². The van der Waals surface area contributed by atoms with E-state index in [0.717, 1.165) is 30.3 Å². The maximum atomic E-state index is 13.2. The Labute approximate surface area is 155 Å². The number of pyridine rings is 1. The molecule has 0 aliphatic rings. The molecule has 0 atom stereocenters. The summed E-state index contributed by atoms with van der Waals surface area (Å²) in [5, 5.41) is 6.48. The number of alkyl halides is 3. The standard InChI is InChI=1S/C18H13F5N4O/c1-10-15(17(28)25-7-11-4-13(19)6-14(20)5-11)9-26-27(10)16-3-2-12(8-24-16)18(21,22)23/h2-6,8-9H,7H2,1H3,(H,25,28). The first kappa shape index (κ1) is 19.5. The number of nitrogens with one attached hydrogen (secondary N) is 1. The predicted molar refractivity (Wildman–Crippen MR) is 88.6 cm³/mol. The summed E-state index contributed by atoms with van der Waals surface area (Å²) in [5.74, 6) is -1.97. The Kier molecular flexibility index (Phi) is 5.12. The molecule has 1 amide bonds. The molecular weight excluding hydrogens is 383 g/mol. The van der Waals surface area contributed by atoms with Crippen LogP contribution < -0.4 is 5.32 Å². The molecule has 0 aliphatic carbocycles. The van der Waals surface area contributed by atoms with Crippen molar-refractivity contribution in [1.82, 2.24) is 20.1 Å². The molecule has 0 aliphatic heterocycles. The average molecular weight is 396 g/mol. The smallest absolute Gasteiger partial charge is 0.348 e. The fourth-order valence-corrected chi connectivity index (χ4v) is 2.53. The van der Waals surface area contributed by atoms with Crippen LogP contribution in [0.3, 0.4) is 0 Å². The average Bonchev–Trinajstić information content (AvgIpc) is 3.00. The minimum atomic E-state index is -4.51. The van der Waals surface area contributed by atoms with Gasteiger partial charge in [-0.05, 0) is 36.8 Å². The summed E-state index contributed by atoms with van der Waals surface area (Å²) in [7, 11) is 0. The van der Waals surface area contributed by atoms with Crippen molar-refractivity contribution < 1.29 is 26.7 Å². The summed E-state index contributed by atoms with van der Waals surface area (Å²) in [6.07, 6.45) is -2.60. The van der Waals surface area contributed by atoms with Crippen LogP contribution >= 0.6 is 0 Å². The Hall–Kier alpha value is -3.30. The summed E-state index contributed by atoms with van der Waals surface area (Å²) < 4.78 is 65.5. The molecule has 0 bridgehead atoms. The van der Waals surface area contributed by atoms with Crippen molar-refractivity contribution in [1.29, 1.82) is 0 Å². The second-order valence-corrected chi connectivity index (χ2v) is 5.92. The molecule has 2 aromatic heterocycles. The molecule has 0 radical (unpaired) electrons. The van der Waals surface area contributed by atoms with E-state index in [-0.39, 0.29) is 23.5 Å². The van der Waals surface area contributed by atoms with Gasteiger partial charge in [0.25, 0.3) is 5.91 Å². The highest BCUT2D eigenvalue weighted by Gasteiger charge is 2.30. The maximum Gasteiger partial charge on any atom is 0.417 e. The number of nitrogens with zero attached hydrogens (tertiary/aromatic N) is 3. The highest BCUT2D eigenvalue weighted by molar-refractivity contribution is 5.95. The minimum Gasteiger partial charge on any atom is -0.348 e. The van der Waals surface area contributed by atoms with Gasteiger partial charge in [0, 0.05) is 18.8 Å². The Bertz CT molecular complexity index is 992. The Morgan fingerprint density at radius 3 is 2.36 bits per heavy atom. The van der Waals surface area contributed by atoms with Gasteiger partial charge in [0.2, 0.25) is 0 Å². The molecule has 0 saturated carbocycles. The fraction of sp³-hybridized carbons (Fsp3) is 0.167. The molecule has 3 rings (SSSR count). The Morgan fingerprint density at radius 1 is 1.11 bits per heavy atom. The molecule has 28 heavy (non-hydrogen) atoms. The van der Waals surface area contributed by atoms with Crippen molar-refractivity contribution in [2.75, 3.05) is 0 Å². The number of rotatable bonds is 4. The first-order chi connectivity index (χ1) is 13.1. The Morgan fingerprint density at radius 2 is 1.79 bits per heavy atom. The zero-order chi connectivity index (χ0) is 20.5. The lowest BCUT2D eigenvalue weighted by Crippen LogP contribution is -2.23. The first-order valence-electron chi connectivity index (χ1n) is 7.96. The number of benzene rings is 1. The third-order valence-corrected chi connectivity index (χ3v) is 3.92. The summed E-state index contributed by atoms with van der Waals surface area (Å²) in [6, 6.07) is 4.90. The van der Waals surface area contributed by atoms with Gasteiger partial charge < -0.3 is 5.32 Å². The lowest BCUT2D eigenvalue weighted by molar-refractivity contribution is -0.137. The molecule has 0 unspecified atom stereocenters. The lowest BCUT2D eigenvalue weighted by Gasteiger charge is -2.08. The van der Waals surface area contributed by atoms with Crippen LogP contribution in [0.4, 0.5) is 22.0 Å². The van der Waals surface area contributed by atoms with Gasteiger partial charge in [-0.1, -0.05) is 0 Å². The highest BCUT2D eigenvalue weighted by Crippen LogP contribution is 2.28. The van der Waals surface area contributed by atoms with Gasteiger partial charge >= 0.3 is 6.18 Å². The maximum absolute atomic E-state index is 13.2. The summed E-state index contributed by atoms with van der Waals surface area (Å²) in [6.45, 7) is 1.43. The van der Waals surface area contributed by atoms with Crippen LogP contribution in [0.1, 0.15) is 27.2 Å². The van der Waals surface area contributed by atoms with Gasteiger partial charge in [-0.25, -0.2) is 18.4 Å². The van der Waals surface area contributed by atoms with Crippen LogP contribution in [0, 0.1) is 18.6 Å². The van der Waals surface area contributed by atoms with Crippen LogP contribution in [-0.2, 0) is 12.7 Å². The van der Waals surface area contributed by atoms with Gasteiger partial charge in [-0.15, -0.1) is 0 Å². The summed E-state index contributed by atoms with van der Waals surface area (Å²) in [4.78, 5) is 16.0. The first-order valence-corrected chi connectivity index (χ1v) is 7.96. The monoisotopic (exact) mass is 396 g/mol. The normalized spacial score (nSPS) is 11.5. The van der Waals surface area contributed by atoms with E-state index in [0.29, 0.717) is 11.9 Å². The third-order valence-electron chi connectivity index (χ3n) is 3.92. The van der Waals surface area contributed by atoms with E-state index in [1.165, 1.54) is 10.9 Å². The van der Waals surface area contributed by atoms with Crippen molar-refractivity contribution >= 4 is 5.91 Å². The van der Waals surface area contributed by atoms with E-state index in [1.807, 2.05) is 0 Å². The second-order valence-electron chi connectivity index (χ2n) is 5.92. The zero-order valence-electron chi connectivity index (χ0n) is 14.4. The molecule has 2 heterocycles. The summed E-state index contributed by atoms with van der Waals surface area (Å²) >= 11 is 0. The van der Waals surface area contributed by atoms with E-state index >= 15 is 0 Å². The van der Waals surface area contributed by atoms with Gasteiger partial charge in [-0.2, -0.15) is 18.3 Å². The number of halogens is 5. The zero-order valence-corrected chi connectivity index (χ0v) is 14.4. The van der Waals surface area contributed by atoms with Crippen molar-refractivity contribution in [3.63, 3.8) is 0 Å². The third kappa shape index (κ3) is 4.16. The van der Waals surface area contributed by atoms with Crippen LogP contribution in [0.5, 0.6) is 0 Å². The topological polar surface area (TPSA) is 59.8 Å². The van der Waals surface area contributed by atoms with Crippen LogP contribution in [0.2, 0.25) is 0 Å². The van der Waals surface area contributed by atoms with Gasteiger partial charge in [0.1, 0.15) is 11.6 Å². The van der Waals surface area contributed by atoms with Gasteiger partial charge in [0.15, 0.2) is 5.82 Å². The second kappa shape index (κ2) is 7.37. The van der Waals surface area contributed by atoms with E-state index in [4.69, 9.17) is 0 Å². The molecule has 3 aromatic rings. The van der Waals surface area contributed by atoms with Crippen molar-refractivity contribution in [3.05, 3.63) is 76.7 Å². The minimum absolute atomic E-state index is 0.108. The quantitative estimate of drug-likeness (QED) is 0.683. The van der Waals surface area contributed by atoms with Crippen molar-refractivity contribution in [2.24, 2.45) is 0 Å². The summed E-state index contributed by atoms with van der Waals surface area (Å²) in [5.41, 5.74) is -0.171. The van der Waals surface area contributed by atoms with E-state index in [1.54, 1.807) is 6.92 Å². The molecular formula is C18H13F5N4O. The molecule has 5 nitrogen and oxygen atoms in total. The van der Waals surface area contributed by atoms with Crippen molar-refractivity contribution in [3.8, 4) is 5.82 Å². The van der Waals surface area contributed by atoms with Crippen LogP contribution in [0.25, 0.3) is 5.82 Å². The number of carbonyl (C=O) groups excluding carboxylic acids is 1. The molecule has 10 heteroatoms. The lowest BCUT2D eigenvalue weighted by atomic mass is 10.2. The van der Waals surface area contributed by atoms with Crippen LogP contribution in [0.15, 0.2) is 42.7 Å². The predicted octanol–water partition coefficient (Wildman–Crippen LogP) is 3.80. The molecule has 1 N–H and O–H groups in total. The largest absolute Gasteiger partial charge is 0.417 e. The van der Waals surface area contributed by atoms with E-state index in [9.17, 15) is 26.7 Å². The number of amides is 1. The molecule has 0 saturated heterocycles. The molecule has 1 aromatic carbocycles. The van der Waals surface area contributed by atoms with Crippen LogP contribution in [-0.4, -0.2) is 20.7 Å². The van der Waals surface area contributed by atoms with Crippen molar-refractivity contribution in [2.45, 2.75) is 19.6 Å².